The van der Waals surface area contributed by atoms with Crippen LogP contribution in [0.25, 0.3) is 0 Å². The quantitative estimate of drug-likeness (QED) is 0.836. The van der Waals surface area contributed by atoms with Crippen LogP contribution in [-0.2, 0) is 0 Å². The van der Waals surface area contributed by atoms with Gasteiger partial charge in [-0.05, 0) is 50.3 Å². The molecule has 2 rings (SSSR count). The van der Waals surface area contributed by atoms with Crippen LogP contribution >= 0.6 is 0 Å². The molecule has 0 unspecified atom stereocenters. The molecule has 3 nitrogen and oxygen atoms in total. The average Bonchev–Trinajstić information content (AvgIpc) is 2.27. The molecule has 0 bridgehead atoms. The van der Waals surface area contributed by atoms with E-state index in [2.05, 4.69) is 5.32 Å². The van der Waals surface area contributed by atoms with Gasteiger partial charge in [-0.15, -0.1) is 0 Å². The molecular formula is C14H20N2O. The Labute approximate surface area is 102 Å². The number of nitrogens with two attached hydrogens (primary N) is 1. The van der Waals surface area contributed by atoms with Crippen LogP contribution in [-0.4, -0.2) is 18.0 Å². The number of carbonyl (C=O) groups excluding carboxylic acids is 1. The van der Waals surface area contributed by atoms with Gasteiger partial charge in [-0.25, -0.2) is 0 Å². The molecule has 1 aliphatic rings. The highest BCUT2D eigenvalue weighted by atomic mass is 16.1. The van der Waals surface area contributed by atoms with Gasteiger partial charge in [-0.3, -0.25) is 4.79 Å². The third kappa shape index (κ3) is 2.50. The zero-order valence-electron chi connectivity index (χ0n) is 10.5. The van der Waals surface area contributed by atoms with E-state index >= 15 is 0 Å². The first-order chi connectivity index (χ1) is 8.02. The van der Waals surface area contributed by atoms with E-state index in [1.807, 2.05) is 32.0 Å². The summed E-state index contributed by atoms with van der Waals surface area (Å²) in [5.74, 6) is -0.0112. The van der Waals surface area contributed by atoms with Crippen molar-refractivity contribution in [1.29, 1.82) is 0 Å². The Balaban J connectivity index is 2.02. The second-order valence-electron chi connectivity index (χ2n) is 5.15. The highest BCUT2D eigenvalue weighted by molar-refractivity contribution is 5.95. The zero-order chi connectivity index (χ0) is 12.5. The number of nitrogens with one attached hydrogen (secondary N) is 1. The van der Waals surface area contributed by atoms with Gasteiger partial charge in [0.25, 0.3) is 5.91 Å². The summed E-state index contributed by atoms with van der Waals surface area (Å²) in [6, 6.07) is 5.79. The molecular weight excluding hydrogens is 212 g/mol. The van der Waals surface area contributed by atoms with E-state index in [0.29, 0.717) is 6.54 Å². The Kier molecular flexibility index (Phi) is 3.20. The maximum Gasteiger partial charge on any atom is 0.251 e. The highest BCUT2D eigenvalue weighted by Gasteiger charge is 2.32. The molecule has 1 aromatic carbocycles. The fourth-order valence-corrected chi connectivity index (χ4v) is 2.16. The second-order valence-corrected chi connectivity index (χ2v) is 5.15. The molecule has 0 aliphatic heterocycles. The van der Waals surface area contributed by atoms with Crippen LogP contribution in [0.1, 0.15) is 40.7 Å². The van der Waals surface area contributed by atoms with E-state index in [4.69, 9.17) is 5.73 Å². The first kappa shape index (κ1) is 12.1. The van der Waals surface area contributed by atoms with Gasteiger partial charge in [-0.1, -0.05) is 12.1 Å². The molecule has 0 aromatic heterocycles. The number of amides is 1. The third-order valence-corrected chi connectivity index (χ3v) is 3.80. The summed E-state index contributed by atoms with van der Waals surface area (Å²) < 4.78 is 0. The minimum Gasteiger partial charge on any atom is -0.350 e. The van der Waals surface area contributed by atoms with Gasteiger partial charge >= 0.3 is 0 Å². The topological polar surface area (TPSA) is 55.1 Å². The molecule has 17 heavy (non-hydrogen) atoms. The second kappa shape index (κ2) is 4.49. The van der Waals surface area contributed by atoms with Crippen molar-refractivity contribution in [3.63, 3.8) is 0 Å². The molecule has 0 spiro atoms. The summed E-state index contributed by atoms with van der Waals surface area (Å²) in [7, 11) is 0. The summed E-state index contributed by atoms with van der Waals surface area (Å²) in [6.45, 7) is 4.58. The van der Waals surface area contributed by atoms with Gasteiger partial charge in [0.1, 0.15) is 0 Å². The largest absolute Gasteiger partial charge is 0.350 e. The predicted octanol–water partition coefficient (Wildman–Crippen LogP) is 1.91. The Hall–Kier alpha value is -1.35. The summed E-state index contributed by atoms with van der Waals surface area (Å²) in [5.41, 5.74) is 8.87. The van der Waals surface area contributed by atoms with Crippen LogP contribution in [0.15, 0.2) is 18.2 Å². The van der Waals surface area contributed by atoms with Crippen molar-refractivity contribution in [2.24, 2.45) is 5.73 Å². The fourth-order valence-electron chi connectivity index (χ4n) is 2.16. The third-order valence-electron chi connectivity index (χ3n) is 3.80. The Morgan fingerprint density at radius 3 is 2.71 bits per heavy atom. The average molecular weight is 232 g/mol. The number of hydrogen-bond donors (Lipinski definition) is 2. The first-order valence-corrected chi connectivity index (χ1v) is 6.15. The highest BCUT2D eigenvalue weighted by Crippen LogP contribution is 2.28. The van der Waals surface area contributed by atoms with Crippen LogP contribution in [0.2, 0.25) is 0 Å². The lowest BCUT2D eigenvalue weighted by Gasteiger charge is -2.38. The smallest absolute Gasteiger partial charge is 0.251 e. The number of carbonyl (C=O) groups is 1. The van der Waals surface area contributed by atoms with Crippen molar-refractivity contribution in [1.82, 2.24) is 5.32 Å². The Morgan fingerprint density at radius 1 is 1.41 bits per heavy atom. The first-order valence-electron chi connectivity index (χ1n) is 6.15. The normalized spacial score (nSPS) is 17.4. The minimum atomic E-state index is -0.159. The molecule has 1 amide bonds. The lowest BCUT2D eigenvalue weighted by atomic mass is 9.78. The molecule has 1 aromatic rings. The molecule has 92 valence electrons. The van der Waals surface area contributed by atoms with Gasteiger partial charge < -0.3 is 11.1 Å². The van der Waals surface area contributed by atoms with Gasteiger partial charge in [0.15, 0.2) is 0 Å². The predicted molar refractivity (Wildman–Crippen MR) is 69.0 cm³/mol. The van der Waals surface area contributed by atoms with Crippen LogP contribution in [0.5, 0.6) is 0 Å². The van der Waals surface area contributed by atoms with E-state index in [1.165, 1.54) is 6.42 Å². The minimum absolute atomic E-state index is 0.0112. The Morgan fingerprint density at radius 2 is 2.12 bits per heavy atom. The molecule has 0 atom stereocenters. The van der Waals surface area contributed by atoms with E-state index in [9.17, 15) is 4.79 Å². The molecule has 0 radical (unpaired) electrons. The lowest BCUT2D eigenvalue weighted by molar-refractivity contribution is 0.0929. The summed E-state index contributed by atoms with van der Waals surface area (Å²) in [5, 5.41) is 2.95. The maximum atomic E-state index is 12.0. The van der Waals surface area contributed by atoms with Crippen molar-refractivity contribution in [3.8, 4) is 0 Å². The maximum absolute atomic E-state index is 12.0. The number of aryl methyl sites for hydroxylation is 1. The van der Waals surface area contributed by atoms with Crippen molar-refractivity contribution < 1.29 is 4.79 Å². The number of hydrogen-bond acceptors (Lipinski definition) is 2. The van der Waals surface area contributed by atoms with E-state index < -0.39 is 0 Å². The van der Waals surface area contributed by atoms with Gasteiger partial charge in [0.2, 0.25) is 0 Å². The molecule has 3 heteroatoms. The monoisotopic (exact) mass is 232 g/mol. The molecule has 1 fully saturated rings. The SMILES string of the molecule is Cc1cccc(C(=O)NCC2(N)CCC2)c1C. The summed E-state index contributed by atoms with van der Waals surface area (Å²) >= 11 is 0. The van der Waals surface area contributed by atoms with Crippen LogP contribution in [0.3, 0.4) is 0 Å². The number of rotatable bonds is 3. The van der Waals surface area contributed by atoms with Crippen LogP contribution in [0.4, 0.5) is 0 Å². The fraction of sp³-hybridized carbons (Fsp3) is 0.500. The van der Waals surface area contributed by atoms with Crippen molar-refractivity contribution in [3.05, 3.63) is 34.9 Å². The van der Waals surface area contributed by atoms with Gasteiger partial charge in [0.05, 0.1) is 0 Å². The Bertz CT molecular complexity index is 436. The van der Waals surface area contributed by atoms with E-state index in [1.54, 1.807) is 0 Å². The van der Waals surface area contributed by atoms with Crippen LogP contribution in [0, 0.1) is 13.8 Å². The zero-order valence-corrected chi connectivity index (χ0v) is 10.5. The van der Waals surface area contributed by atoms with Gasteiger partial charge in [-0.2, -0.15) is 0 Å². The molecule has 3 N–H and O–H groups in total. The molecule has 1 saturated carbocycles. The summed E-state index contributed by atoms with van der Waals surface area (Å²) in [4.78, 5) is 12.0. The van der Waals surface area contributed by atoms with Crippen molar-refractivity contribution in [2.45, 2.75) is 38.6 Å². The number of benzene rings is 1. The molecule has 1 aliphatic carbocycles. The van der Waals surface area contributed by atoms with Crippen molar-refractivity contribution >= 4 is 5.91 Å². The van der Waals surface area contributed by atoms with Gasteiger partial charge in [0, 0.05) is 17.6 Å². The standard InChI is InChI=1S/C14H20N2O/c1-10-5-3-6-12(11(10)2)13(17)16-9-14(15)7-4-8-14/h3,5-6H,4,7-9,15H2,1-2H3,(H,16,17). The summed E-state index contributed by atoms with van der Waals surface area (Å²) in [6.07, 6.45) is 3.20. The molecule has 0 saturated heterocycles. The van der Waals surface area contributed by atoms with E-state index in [0.717, 1.165) is 29.5 Å². The van der Waals surface area contributed by atoms with Crippen LogP contribution < -0.4 is 11.1 Å². The van der Waals surface area contributed by atoms with Crippen molar-refractivity contribution in [2.75, 3.05) is 6.54 Å². The lowest BCUT2D eigenvalue weighted by Crippen LogP contribution is -2.55. The van der Waals surface area contributed by atoms with E-state index in [-0.39, 0.29) is 11.4 Å². The molecule has 0 heterocycles.